The van der Waals surface area contributed by atoms with Crippen molar-refractivity contribution in [2.45, 2.75) is 11.8 Å². The molecule has 0 spiro atoms. The van der Waals surface area contributed by atoms with E-state index in [1.165, 1.54) is 36.4 Å². The molecule has 176 valence electrons. The summed E-state index contributed by atoms with van der Waals surface area (Å²) in [7, 11) is -4.05. The van der Waals surface area contributed by atoms with E-state index in [-0.39, 0.29) is 27.4 Å². The molecule has 0 fully saturated rings. The van der Waals surface area contributed by atoms with Gasteiger partial charge in [-0.05, 0) is 55.0 Å². The van der Waals surface area contributed by atoms with Gasteiger partial charge in [-0.1, -0.05) is 22.0 Å². The van der Waals surface area contributed by atoms with Crippen LogP contribution in [0.2, 0.25) is 0 Å². The van der Waals surface area contributed by atoms with Crippen LogP contribution in [0, 0.1) is 6.92 Å². The lowest BCUT2D eigenvalue weighted by Crippen LogP contribution is -2.19. The molecule has 1 aliphatic heterocycles. The van der Waals surface area contributed by atoms with Crippen molar-refractivity contribution < 1.29 is 32.6 Å². The first kappa shape index (κ1) is 23.6. The minimum atomic E-state index is -4.05. The van der Waals surface area contributed by atoms with Crippen molar-refractivity contribution >= 4 is 49.2 Å². The Labute approximate surface area is 203 Å². The molecule has 9 nitrogen and oxygen atoms in total. The Balaban J connectivity index is 1.60. The molecule has 3 aromatic rings. The zero-order chi connectivity index (χ0) is 24.5. The molecule has 0 bridgehead atoms. The average Bonchev–Trinajstić information content (AvgIpc) is 2.79. The number of benzene rings is 3. The third-order valence-electron chi connectivity index (χ3n) is 4.99. The van der Waals surface area contributed by atoms with E-state index in [1.807, 2.05) is 0 Å². The number of carbonyl (C=O) groups excluding carboxylic acids is 1. The van der Waals surface area contributed by atoms with Gasteiger partial charge in [0.05, 0.1) is 21.8 Å². The Bertz CT molecular complexity index is 1410. The minimum Gasteiger partial charge on any atom is -0.486 e. The second-order valence-electron chi connectivity index (χ2n) is 7.39. The molecule has 0 saturated heterocycles. The fourth-order valence-corrected chi connectivity index (χ4v) is 5.03. The molecule has 3 N–H and O–H groups in total. The molecule has 34 heavy (non-hydrogen) atoms. The maximum atomic E-state index is 13.1. The highest BCUT2D eigenvalue weighted by atomic mass is 79.9. The summed E-state index contributed by atoms with van der Waals surface area (Å²) >= 11 is 3.20. The van der Waals surface area contributed by atoms with Crippen LogP contribution in [0.25, 0.3) is 0 Å². The highest BCUT2D eigenvalue weighted by molar-refractivity contribution is 9.10. The summed E-state index contributed by atoms with van der Waals surface area (Å²) in [5, 5.41) is 11.9. The molecule has 3 aromatic carbocycles. The van der Waals surface area contributed by atoms with Crippen molar-refractivity contribution in [1.29, 1.82) is 0 Å². The van der Waals surface area contributed by atoms with Gasteiger partial charge in [0.2, 0.25) is 0 Å². The van der Waals surface area contributed by atoms with Gasteiger partial charge < -0.3 is 19.9 Å². The SMILES string of the molecule is Cc1ccc(C(=O)Nc2ccc(Br)cc2C(=O)O)cc1S(=O)(=O)Nc1ccc2c(c1)OCCO2. The van der Waals surface area contributed by atoms with Crippen LogP contribution in [-0.2, 0) is 10.0 Å². The number of aryl methyl sites for hydroxylation is 1. The lowest BCUT2D eigenvalue weighted by Gasteiger charge is -2.19. The summed E-state index contributed by atoms with van der Waals surface area (Å²) in [5.41, 5.74) is 0.728. The number of fused-ring (bicyclic) bond motifs is 1. The second kappa shape index (κ2) is 9.35. The van der Waals surface area contributed by atoms with Gasteiger partial charge in [-0.25, -0.2) is 13.2 Å². The fourth-order valence-electron chi connectivity index (χ4n) is 3.34. The van der Waals surface area contributed by atoms with Crippen LogP contribution in [0.5, 0.6) is 11.5 Å². The van der Waals surface area contributed by atoms with E-state index in [2.05, 4.69) is 26.0 Å². The van der Waals surface area contributed by atoms with Crippen LogP contribution in [0.3, 0.4) is 0 Å². The summed E-state index contributed by atoms with van der Waals surface area (Å²) in [4.78, 5) is 24.2. The maximum Gasteiger partial charge on any atom is 0.337 e. The normalized spacial score (nSPS) is 12.6. The number of nitrogens with one attached hydrogen (secondary N) is 2. The van der Waals surface area contributed by atoms with Crippen LogP contribution in [0.4, 0.5) is 11.4 Å². The number of ether oxygens (including phenoxy) is 2. The number of hydrogen-bond donors (Lipinski definition) is 3. The molecule has 0 aromatic heterocycles. The fraction of sp³-hybridized carbons (Fsp3) is 0.130. The number of carbonyl (C=O) groups is 2. The van der Waals surface area contributed by atoms with Gasteiger partial charge in [0.1, 0.15) is 13.2 Å². The van der Waals surface area contributed by atoms with Crippen LogP contribution < -0.4 is 19.5 Å². The first-order chi connectivity index (χ1) is 16.1. The summed E-state index contributed by atoms with van der Waals surface area (Å²) < 4.78 is 40.2. The van der Waals surface area contributed by atoms with Gasteiger partial charge in [-0.2, -0.15) is 0 Å². The quantitative estimate of drug-likeness (QED) is 0.420. The number of rotatable bonds is 6. The van der Waals surface area contributed by atoms with Crippen LogP contribution in [-0.4, -0.2) is 38.6 Å². The van der Waals surface area contributed by atoms with Crippen LogP contribution in [0.15, 0.2) is 64.0 Å². The first-order valence-electron chi connectivity index (χ1n) is 10.0. The largest absolute Gasteiger partial charge is 0.486 e. The number of anilines is 2. The average molecular weight is 547 g/mol. The van der Waals surface area contributed by atoms with E-state index >= 15 is 0 Å². The standard InChI is InChI=1S/C23H19BrN2O7S/c1-13-2-3-14(22(27)25-18-6-4-15(24)11-17(18)23(28)29)10-21(13)34(30,31)26-16-5-7-19-20(12-16)33-9-8-32-19/h2-7,10-12,26H,8-9H2,1H3,(H,25,27)(H,28,29). The predicted octanol–water partition coefficient (Wildman–Crippen LogP) is 4.28. The molecule has 4 rings (SSSR count). The molecule has 1 aliphatic rings. The van der Waals surface area contributed by atoms with Crippen molar-refractivity contribution in [3.05, 3.63) is 75.8 Å². The number of sulfonamides is 1. The van der Waals surface area contributed by atoms with Crippen molar-refractivity contribution in [3.8, 4) is 11.5 Å². The van der Waals surface area contributed by atoms with E-state index in [0.717, 1.165) is 0 Å². The first-order valence-corrected chi connectivity index (χ1v) is 12.3. The molecule has 1 heterocycles. The van der Waals surface area contributed by atoms with Gasteiger partial charge in [0.15, 0.2) is 11.5 Å². The molecule has 1 amide bonds. The molecular weight excluding hydrogens is 528 g/mol. The summed E-state index contributed by atoms with van der Waals surface area (Å²) in [6.45, 7) is 2.39. The van der Waals surface area contributed by atoms with Crippen molar-refractivity contribution in [2.75, 3.05) is 23.3 Å². The third kappa shape index (κ3) is 5.00. The van der Waals surface area contributed by atoms with Crippen LogP contribution in [0.1, 0.15) is 26.3 Å². The zero-order valence-electron chi connectivity index (χ0n) is 17.8. The maximum absolute atomic E-state index is 13.1. The Morgan fingerprint density at radius 1 is 0.971 bits per heavy atom. The predicted molar refractivity (Wildman–Crippen MR) is 128 cm³/mol. The monoisotopic (exact) mass is 546 g/mol. The van der Waals surface area contributed by atoms with E-state index in [1.54, 1.807) is 25.1 Å². The number of carboxylic acid groups (broad SMARTS) is 1. The van der Waals surface area contributed by atoms with Gasteiger partial charge >= 0.3 is 5.97 Å². The van der Waals surface area contributed by atoms with Gasteiger partial charge in [-0.3, -0.25) is 9.52 Å². The minimum absolute atomic E-state index is 0.0485. The molecular formula is C23H19BrN2O7S. The number of hydrogen-bond acceptors (Lipinski definition) is 6. The molecule has 0 aliphatic carbocycles. The number of carboxylic acids is 1. The lowest BCUT2D eigenvalue weighted by atomic mass is 10.1. The van der Waals surface area contributed by atoms with Crippen LogP contribution >= 0.6 is 15.9 Å². The number of aromatic carboxylic acids is 1. The van der Waals surface area contributed by atoms with E-state index in [4.69, 9.17) is 9.47 Å². The smallest absolute Gasteiger partial charge is 0.337 e. The zero-order valence-corrected chi connectivity index (χ0v) is 20.2. The topological polar surface area (TPSA) is 131 Å². The van der Waals surface area contributed by atoms with E-state index in [0.29, 0.717) is 34.7 Å². The number of halogens is 1. The Kier molecular flexibility index (Phi) is 6.49. The Morgan fingerprint density at radius 2 is 1.71 bits per heavy atom. The third-order valence-corrected chi connectivity index (χ3v) is 7.01. The molecule has 0 radical (unpaired) electrons. The highest BCUT2D eigenvalue weighted by Gasteiger charge is 2.22. The van der Waals surface area contributed by atoms with Crippen molar-refractivity contribution in [3.63, 3.8) is 0 Å². The molecule has 11 heteroatoms. The van der Waals surface area contributed by atoms with Crippen molar-refractivity contribution in [1.82, 2.24) is 0 Å². The second-order valence-corrected chi connectivity index (χ2v) is 9.96. The van der Waals surface area contributed by atoms with Gasteiger partial charge in [0.25, 0.3) is 15.9 Å². The molecule has 0 unspecified atom stereocenters. The van der Waals surface area contributed by atoms with Gasteiger partial charge in [-0.15, -0.1) is 0 Å². The summed E-state index contributed by atoms with van der Waals surface area (Å²) in [5.74, 6) is -0.911. The number of amides is 1. The molecule has 0 saturated carbocycles. The highest BCUT2D eigenvalue weighted by Crippen LogP contribution is 2.33. The van der Waals surface area contributed by atoms with Gasteiger partial charge in [0, 0.05) is 16.1 Å². The Hall–Kier alpha value is -3.57. The lowest BCUT2D eigenvalue weighted by molar-refractivity contribution is 0.0698. The van der Waals surface area contributed by atoms with Crippen molar-refractivity contribution in [2.24, 2.45) is 0 Å². The van der Waals surface area contributed by atoms with E-state index in [9.17, 15) is 23.1 Å². The summed E-state index contributed by atoms with van der Waals surface area (Å²) in [6, 6.07) is 13.3. The summed E-state index contributed by atoms with van der Waals surface area (Å²) in [6.07, 6.45) is 0. The Morgan fingerprint density at radius 3 is 2.44 bits per heavy atom. The van der Waals surface area contributed by atoms with E-state index < -0.39 is 21.9 Å². The molecule has 0 atom stereocenters.